The molecule has 4 rings (SSSR count). The largest absolute Gasteiger partial charge is 0.361 e. The summed E-state index contributed by atoms with van der Waals surface area (Å²) < 4.78 is 28.5. The molecule has 0 fully saturated rings. The van der Waals surface area contributed by atoms with Crippen molar-refractivity contribution in [1.82, 2.24) is 14.5 Å². The Balaban J connectivity index is 1.75. The summed E-state index contributed by atoms with van der Waals surface area (Å²) >= 11 is 0. The monoisotopic (exact) mass is 380 g/mol. The first-order valence-corrected chi connectivity index (χ1v) is 8.78. The predicted octanol–water partition coefficient (Wildman–Crippen LogP) is 4.41. The summed E-state index contributed by atoms with van der Waals surface area (Å²) in [7, 11) is 0. The third-order valence-corrected chi connectivity index (χ3v) is 4.75. The number of hydrogen-bond acceptors (Lipinski definition) is 3. The minimum absolute atomic E-state index is 0.235. The Morgan fingerprint density at radius 3 is 2.71 bits per heavy atom. The van der Waals surface area contributed by atoms with Gasteiger partial charge in [0.15, 0.2) is 11.6 Å². The summed E-state index contributed by atoms with van der Waals surface area (Å²) in [5.41, 5.74) is 3.51. The molecule has 0 aliphatic carbocycles. The average molecular weight is 380 g/mol. The third kappa shape index (κ3) is 3.26. The molecule has 2 N–H and O–H groups in total. The van der Waals surface area contributed by atoms with E-state index in [0.717, 1.165) is 34.3 Å². The molecule has 2 aromatic heterocycles. The van der Waals surface area contributed by atoms with E-state index in [1.165, 1.54) is 6.07 Å². The maximum atomic E-state index is 13.6. The van der Waals surface area contributed by atoms with Gasteiger partial charge >= 0.3 is 0 Å². The molecule has 0 atom stereocenters. The molecule has 4 aromatic rings. The van der Waals surface area contributed by atoms with E-state index in [9.17, 15) is 13.6 Å². The van der Waals surface area contributed by atoms with Crippen LogP contribution >= 0.6 is 0 Å². The second-order valence-corrected chi connectivity index (χ2v) is 6.73. The standard InChI is InChI=1S/C21H18F2N4O/c1-12-10-27(11-14-3-4-16(22)17(23)9-14)21(26-20(12)28)25-18-5-6-19-15(13(18)2)7-8-24-19/h3-10,24H,11H2,1-2H3,(H,25,26,28). The molecule has 0 saturated carbocycles. The van der Waals surface area contributed by atoms with E-state index in [4.69, 9.17) is 0 Å². The van der Waals surface area contributed by atoms with Crippen LogP contribution in [-0.2, 0) is 6.54 Å². The number of nitrogens with zero attached hydrogens (tertiary/aromatic N) is 2. The van der Waals surface area contributed by atoms with Crippen LogP contribution in [0.25, 0.3) is 10.9 Å². The Morgan fingerprint density at radius 1 is 1.11 bits per heavy atom. The smallest absolute Gasteiger partial charge is 0.277 e. The summed E-state index contributed by atoms with van der Waals surface area (Å²) in [6, 6.07) is 9.56. The van der Waals surface area contributed by atoms with Gasteiger partial charge in [0.05, 0.1) is 6.54 Å². The van der Waals surface area contributed by atoms with Crippen molar-refractivity contribution in [1.29, 1.82) is 0 Å². The maximum Gasteiger partial charge on any atom is 0.277 e. The number of H-pyrrole nitrogens is 1. The summed E-state index contributed by atoms with van der Waals surface area (Å²) in [5.74, 6) is -1.48. The maximum absolute atomic E-state index is 13.6. The van der Waals surface area contributed by atoms with Gasteiger partial charge in [-0.3, -0.25) is 4.79 Å². The van der Waals surface area contributed by atoms with Gasteiger partial charge in [-0.2, -0.15) is 4.98 Å². The molecule has 142 valence electrons. The Bertz CT molecular complexity index is 1240. The normalized spacial score (nSPS) is 11.1. The molecule has 2 aromatic carbocycles. The zero-order valence-corrected chi connectivity index (χ0v) is 15.4. The van der Waals surface area contributed by atoms with E-state index in [-0.39, 0.29) is 12.1 Å². The van der Waals surface area contributed by atoms with Gasteiger partial charge in [-0.1, -0.05) is 6.07 Å². The van der Waals surface area contributed by atoms with Crippen LogP contribution in [0.1, 0.15) is 16.7 Å². The van der Waals surface area contributed by atoms with Gasteiger partial charge in [0, 0.05) is 34.5 Å². The summed E-state index contributed by atoms with van der Waals surface area (Å²) in [6.07, 6.45) is 3.52. The molecule has 0 radical (unpaired) electrons. The topological polar surface area (TPSA) is 62.7 Å². The molecule has 0 amide bonds. The van der Waals surface area contributed by atoms with Gasteiger partial charge in [0.25, 0.3) is 5.56 Å². The number of aryl methyl sites for hydroxylation is 2. The van der Waals surface area contributed by atoms with Crippen molar-refractivity contribution in [2.45, 2.75) is 20.4 Å². The number of aromatic amines is 1. The fourth-order valence-corrected chi connectivity index (χ4v) is 3.19. The van der Waals surface area contributed by atoms with Crippen molar-refractivity contribution >= 4 is 22.5 Å². The predicted molar refractivity (Wildman–Crippen MR) is 105 cm³/mol. The summed E-state index contributed by atoms with van der Waals surface area (Å²) in [6.45, 7) is 3.88. The zero-order chi connectivity index (χ0) is 19.8. The first-order chi connectivity index (χ1) is 13.4. The van der Waals surface area contributed by atoms with Gasteiger partial charge in [0.1, 0.15) is 0 Å². The molecule has 0 aliphatic rings. The van der Waals surface area contributed by atoms with Crippen molar-refractivity contribution < 1.29 is 8.78 Å². The minimum atomic E-state index is -0.911. The number of anilines is 2. The second kappa shape index (κ2) is 6.92. The van der Waals surface area contributed by atoms with Crippen LogP contribution in [-0.4, -0.2) is 14.5 Å². The van der Waals surface area contributed by atoms with E-state index in [1.54, 1.807) is 17.7 Å². The van der Waals surface area contributed by atoms with Crippen molar-refractivity contribution in [2.75, 3.05) is 5.32 Å². The molecule has 0 spiro atoms. The fraction of sp³-hybridized carbons (Fsp3) is 0.143. The van der Waals surface area contributed by atoms with Crippen LogP contribution in [0.3, 0.4) is 0 Å². The van der Waals surface area contributed by atoms with Crippen molar-refractivity contribution in [3.05, 3.63) is 87.5 Å². The Kier molecular flexibility index (Phi) is 4.43. The van der Waals surface area contributed by atoms with Gasteiger partial charge in [0.2, 0.25) is 5.95 Å². The van der Waals surface area contributed by atoms with Crippen molar-refractivity contribution in [3.8, 4) is 0 Å². The lowest BCUT2D eigenvalue weighted by atomic mass is 10.1. The van der Waals surface area contributed by atoms with Crippen LogP contribution in [0.15, 0.2) is 53.6 Å². The summed E-state index contributed by atoms with van der Waals surface area (Å²) in [5, 5.41) is 4.27. The van der Waals surface area contributed by atoms with Crippen molar-refractivity contribution in [3.63, 3.8) is 0 Å². The van der Waals surface area contributed by atoms with Crippen LogP contribution in [0, 0.1) is 25.5 Å². The highest BCUT2D eigenvalue weighted by atomic mass is 19.2. The molecule has 0 bridgehead atoms. The molecule has 5 nitrogen and oxygen atoms in total. The number of aromatic nitrogens is 3. The average Bonchev–Trinajstić information content (AvgIpc) is 3.14. The van der Waals surface area contributed by atoms with Gasteiger partial charge in [-0.05, 0) is 55.3 Å². The first kappa shape index (κ1) is 17.9. The number of hydrogen-bond donors (Lipinski definition) is 2. The number of benzene rings is 2. The Hall–Kier alpha value is -3.48. The lowest BCUT2D eigenvalue weighted by Crippen LogP contribution is -2.19. The highest BCUT2D eigenvalue weighted by molar-refractivity contribution is 5.88. The van der Waals surface area contributed by atoms with Crippen LogP contribution in [0.5, 0.6) is 0 Å². The van der Waals surface area contributed by atoms with E-state index in [0.29, 0.717) is 17.1 Å². The lowest BCUT2D eigenvalue weighted by molar-refractivity contribution is 0.506. The van der Waals surface area contributed by atoms with Crippen molar-refractivity contribution in [2.24, 2.45) is 0 Å². The molecule has 0 unspecified atom stereocenters. The minimum Gasteiger partial charge on any atom is -0.361 e. The van der Waals surface area contributed by atoms with Crippen LogP contribution in [0.2, 0.25) is 0 Å². The molecular formula is C21H18F2N4O. The highest BCUT2D eigenvalue weighted by Gasteiger charge is 2.11. The van der Waals surface area contributed by atoms with Gasteiger partial charge in [-0.15, -0.1) is 0 Å². The molecule has 2 heterocycles. The Labute approximate surface area is 159 Å². The molecular weight excluding hydrogens is 362 g/mol. The number of fused-ring (bicyclic) bond motifs is 1. The molecule has 0 saturated heterocycles. The number of nitrogens with one attached hydrogen (secondary N) is 2. The molecule has 28 heavy (non-hydrogen) atoms. The zero-order valence-electron chi connectivity index (χ0n) is 15.4. The Morgan fingerprint density at radius 2 is 1.93 bits per heavy atom. The second-order valence-electron chi connectivity index (χ2n) is 6.73. The number of rotatable bonds is 4. The quantitative estimate of drug-likeness (QED) is 0.551. The lowest BCUT2D eigenvalue weighted by Gasteiger charge is -2.16. The highest BCUT2D eigenvalue weighted by Crippen LogP contribution is 2.27. The molecule has 7 heteroatoms. The van der Waals surface area contributed by atoms with Crippen LogP contribution in [0.4, 0.5) is 20.4 Å². The fourth-order valence-electron chi connectivity index (χ4n) is 3.19. The van der Waals surface area contributed by atoms with Gasteiger partial charge in [-0.25, -0.2) is 8.78 Å². The third-order valence-electron chi connectivity index (χ3n) is 4.75. The summed E-state index contributed by atoms with van der Waals surface area (Å²) in [4.78, 5) is 19.4. The van der Waals surface area contributed by atoms with E-state index >= 15 is 0 Å². The van der Waals surface area contributed by atoms with Gasteiger partial charge < -0.3 is 14.9 Å². The van der Waals surface area contributed by atoms with E-state index in [2.05, 4.69) is 15.3 Å². The van der Waals surface area contributed by atoms with E-state index in [1.807, 2.05) is 31.3 Å². The first-order valence-electron chi connectivity index (χ1n) is 8.78. The SMILES string of the molecule is Cc1cn(Cc2ccc(F)c(F)c2)c(Nc2ccc3[nH]ccc3c2C)nc1=O. The van der Waals surface area contributed by atoms with E-state index < -0.39 is 11.6 Å². The van der Waals surface area contributed by atoms with Crippen LogP contribution < -0.4 is 10.9 Å². The number of halogens is 2. The molecule has 0 aliphatic heterocycles.